The molecule has 7 nitrogen and oxygen atoms in total. The van der Waals surface area contributed by atoms with Gasteiger partial charge in [0.1, 0.15) is 17.3 Å². The molecule has 0 aliphatic carbocycles. The zero-order valence-corrected chi connectivity index (χ0v) is 16.9. The molecule has 1 aromatic carbocycles. The largest absolute Gasteiger partial charge is 0.497 e. The molecular weight excluding hydrogens is 388 g/mol. The van der Waals surface area contributed by atoms with Crippen molar-refractivity contribution in [2.75, 3.05) is 14.2 Å². The fraction of sp³-hybridized carbons (Fsp3) is 0.190. The Balaban J connectivity index is 1.64. The van der Waals surface area contributed by atoms with Crippen molar-refractivity contribution in [3.8, 4) is 22.9 Å². The van der Waals surface area contributed by atoms with Crippen LogP contribution in [0.3, 0.4) is 0 Å². The number of furan rings is 1. The van der Waals surface area contributed by atoms with E-state index < -0.39 is 0 Å². The first-order valence-electron chi connectivity index (χ1n) is 8.98. The summed E-state index contributed by atoms with van der Waals surface area (Å²) in [6.07, 6.45) is 5.18. The summed E-state index contributed by atoms with van der Waals surface area (Å²) < 4.78 is 18.4. The van der Waals surface area contributed by atoms with Crippen molar-refractivity contribution in [3.63, 3.8) is 0 Å². The molecule has 0 saturated carbocycles. The minimum Gasteiger partial charge on any atom is -0.497 e. The Morgan fingerprint density at radius 2 is 2.00 bits per heavy atom. The first kappa shape index (κ1) is 19.1. The lowest BCUT2D eigenvalue weighted by Crippen LogP contribution is -2.04. The number of pyridine rings is 1. The molecule has 0 amide bonds. The van der Waals surface area contributed by atoms with E-state index in [1.165, 1.54) is 0 Å². The van der Waals surface area contributed by atoms with Crippen molar-refractivity contribution in [1.29, 1.82) is 0 Å². The molecule has 8 heteroatoms. The van der Waals surface area contributed by atoms with Gasteiger partial charge in [0.2, 0.25) is 0 Å². The van der Waals surface area contributed by atoms with Crippen LogP contribution in [-0.4, -0.2) is 34.0 Å². The highest BCUT2D eigenvalue weighted by atomic mass is 32.2. The summed E-state index contributed by atoms with van der Waals surface area (Å²) in [6, 6.07) is 13.4. The maximum absolute atomic E-state index is 5.54. The number of hydrogen-bond donors (Lipinski definition) is 0. The van der Waals surface area contributed by atoms with Gasteiger partial charge in [-0.3, -0.25) is 9.55 Å². The van der Waals surface area contributed by atoms with Crippen molar-refractivity contribution in [2.24, 2.45) is 0 Å². The van der Waals surface area contributed by atoms with Crippen LogP contribution < -0.4 is 9.47 Å². The van der Waals surface area contributed by atoms with Crippen LogP contribution in [0.5, 0.6) is 11.5 Å². The zero-order chi connectivity index (χ0) is 20.1. The Bertz CT molecular complexity index is 1060. The van der Waals surface area contributed by atoms with Gasteiger partial charge in [0.25, 0.3) is 0 Å². The summed E-state index contributed by atoms with van der Waals surface area (Å²) >= 11 is 1.58. The van der Waals surface area contributed by atoms with Gasteiger partial charge < -0.3 is 13.9 Å². The minimum absolute atomic E-state index is 0.530. The topological polar surface area (TPSA) is 75.2 Å². The van der Waals surface area contributed by atoms with E-state index >= 15 is 0 Å². The van der Waals surface area contributed by atoms with Crippen LogP contribution in [0, 0.1) is 0 Å². The van der Waals surface area contributed by atoms with E-state index in [1.54, 1.807) is 44.6 Å². The molecule has 0 bridgehead atoms. The first-order chi connectivity index (χ1) is 14.3. The fourth-order valence-electron chi connectivity index (χ4n) is 2.94. The van der Waals surface area contributed by atoms with Gasteiger partial charge >= 0.3 is 0 Å². The van der Waals surface area contributed by atoms with Crippen LogP contribution in [-0.2, 0) is 12.3 Å². The predicted molar refractivity (Wildman–Crippen MR) is 110 cm³/mol. The van der Waals surface area contributed by atoms with E-state index in [0.29, 0.717) is 12.3 Å². The fourth-order valence-corrected chi connectivity index (χ4v) is 3.86. The number of ether oxygens (including phenoxy) is 2. The highest BCUT2D eigenvalue weighted by Crippen LogP contribution is 2.32. The molecule has 0 N–H and O–H groups in total. The molecule has 0 radical (unpaired) electrons. The van der Waals surface area contributed by atoms with E-state index in [9.17, 15) is 0 Å². The number of aromatic nitrogens is 4. The first-order valence-corrected chi connectivity index (χ1v) is 9.96. The lowest BCUT2D eigenvalue weighted by Gasteiger charge is -2.11. The molecule has 3 heterocycles. The number of thioether (sulfide) groups is 1. The van der Waals surface area contributed by atoms with Gasteiger partial charge in [-0.05, 0) is 42.5 Å². The Hall–Kier alpha value is -3.26. The molecule has 29 heavy (non-hydrogen) atoms. The number of hydrogen-bond acceptors (Lipinski definition) is 7. The van der Waals surface area contributed by atoms with Crippen molar-refractivity contribution in [2.45, 2.75) is 17.5 Å². The standard InChI is InChI=1S/C21H20N4O3S/c1-26-17-7-8-19(27-2)16(11-17)14-29-21-24-23-20(15-5-3-9-22-12-15)25(21)13-18-6-4-10-28-18/h3-12H,13-14H2,1-2H3. The van der Waals surface area contributed by atoms with Gasteiger partial charge in [0, 0.05) is 29.3 Å². The van der Waals surface area contributed by atoms with E-state index in [1.807, 2.05) is 47.0 Å². The lowest BCUT2D eigenvalue weighted by molar-refractivity contribution is 0.400. The SMILES string of the molecule is COc1ccc(OC)c(CSc2nnc(-c3cccnc3)n2Cc2ccco2)c1. The van der Waals surface area contributed by atoms with E-state index in [0.717, 1.165) is 39.4 Å². The summed E-state index contributed by atoms with van der Waals surface area (Å²) in [5, 5.41) is 9.61. The molecular formula is C21H20N4O3S. The van der Waals surface area contributed by atoms with Crippen molar-refractivity contribution < 1.29 is 13.9 Å². The maximum Gasteiger partial charge on any atom is 0.192 e. The van der Waals surface area contributed by atoms with Crippen molar-refractivity contribution >= 4 is 11.8 Å². The number of rotatable bonds is 8. The maximum atomic E-state index is 5.54. The highest BCUT2D eigenvalue weighted by molar-refractivity contribution is 7.98. The van der Waals surface area contributed by atoms with E-state index in [-0.39, 0.29) is 0 Å². The van der Waals surface area contributed by atoms with Gasteiger partial charge in [0.05, 0.1) is 27.0 Å². The highest BCUT2D eigenvalue weighted by Gasteiger charge is 2.17. The Labute approximate surface area is 172 Å². The van der Waals surface area contributed by atoms with Gasteiger partial charge in [-0.15, -0.1) is 10.2 Å². The molecule has 0 atom stereocenters. The van der Waals surface area contributed by atoms with Crippen LogP contribution in [0.25, 0.3) is 11.4 Å². The quantitative estimate of drug-likeness (QED) is 0.403. The molecule has 4 rings (SSSR count). The second-order valence-corrected chi connectivity index (χ2v) is 7.12. The smallest absolute Gasteiger partial charge is 0.192 e. The average Bonchev–Trinajstić information content (AvgIpc) is 3.43. The van der Waals surface area contributed by atoms with Crippen molar-refractivity contribution in [3.05, 3.63) is 72.4 Å². The molecule has 3 aromatic heterocycles. The van der Waals surface area contributed by atoms with Crippen LogP contribution in [0.15, 0.2) is 70.7 Å². The van der Waals surface area contributed by atoms with Gasteiger partial charge in [-0.25, -0.2) is 0 Å². The van der Waals surface area contributed by atoms with Crippen molar-refractivity contribution in [1.82, 2.24) is 19.7 Å². The predicted octanol–water partition coefficient (Wildman–Crippen LogP) is 4.29. The second-order valence-electron chi connectivity index (χ2n) is 6.18. The Morgan fingerprint density at radius 3 is 2.72 bits per heavy atom. The summed E-state index contributed by atoms with van der Waals surface area (Å²) in [4.78, 5) is 4.20. The molecule has 148 valence electrons. The van der Waals surface area contributed by atoms with Gasteiger partial charge in [-0.1, -0.05) is 11.8 Å². The summed E-state index contributed by atoms with van der Waals surface area (Å²) in [5.41, 5.74) is 1.92. The van der Waals surface area contributed by atoms with Crippen LogP contribution in [0.4, 0.5) is 0 Å². The summed E-state index contributed by atoms with van der Waals surface area (Å²) in [6.45, 7) is 0.530. The zero-order valence-electron chi connectivity index (χ0n) is 16.1. The molecule has 0 fully saturated rings. The van der Waals surface area contributed by atoms with E-state index in [2.05, 4.69) is 15.2 Å². The van der Waals surface area contributed by atoms with E-state index in [4.69, 9.17) is 13.9 Å². The second kappa shape index (κ2) is 8.83. The molecule has 0 saturated heterocycles. The Morgan fingerprint density at radius 1 is 1.07 bits per heavy atom. The molecule has 0 aliphatic rings. The lowest BCUT2D eigenvalue weighted by atomic mass is 10.2. The van der Waals surface area contributed by atoms with Gasteiger partial charge in [-0.2, -0.15) is 0 Å². The summed E-state index contributed by atoms with van der Waals surface area (Å²) in [7, 11) is 3.31. The number of benzene rings is 1. The third kappa shape index (κ3) is 4.27. The third-order valence-electron chi connectivity index (χ3n) is 4.37. The third-order valence-corrected chi connectivity index (χ3v) is 5.39. The summed E-state index contributed by atoms with van der Waals surface area (Å²) in [5.74, 6) is 3.83. The molecule has 0 spiro atoms. The van der Waals surface area contributed by atoms with Crippen LogP contribution in [0.1, 0.15) is 11.3 Å². The minimum atomic E-state index is 0.530. The van der Waals surface area contributed by atoms with Crippen LogP contribution in [0.2, 0.25) is 0 Å². The average molecular weight is 408 g/mol. The molecule has 0 aliphatic heterocycles. The Kier molecular flexibility index (Phi) is 5.81. The van der Waals surface area contributed by atoms with Gasteiger partial charge in [0.15, 0.2) is 11.0 Å². The number of methoxy groups -OCH3 is 2. The molecule has 4 aromatic rings. The normalized spacial score (nSPS) is 10.8. The monoisotopic (exact) mass is 408 g/mol. The molecule has 0 unspecified atom stereocenters. The number of nitrogens with zero attached hydrogens (tertiary/aromatic N) is 4. The van der Waals surface area contributed by atoms with Crippen LogP contribution >= 0.6 is 11.8 Å².